The predicted octanol–water partition coefficient (Wildman–Crippen LogP) is 4.62. The molecule has 0 aliphatic heterocycles. The molecule has 5 heteroatoms. The van der Waals surface area contributed by atoms with Crippen LogP contribution in [-0.4, -0.2) is 6.61 Å². The molecule has 21 heavy (non-hydrogen) atoms. The Kier molecular flexibility index (Phi) is 3.82. The minimum Gasteiger partial charge on any atom is -0.464 e. The van der Waals surface area contributed by atoms with Crippen molar-refractivity contribution in [1.29, 1.82) is 0 Å². The molecular weight excluding hydrogens is 276 g/mol. The molecule has 1 aliphatic rings. The summed E-state index contributed by atoms with van der Waals surface area (Å²) in [6.45, 7) is -0.0906. The third-order valence-electron chi connectivity index (χ3n) is 3.68. The third-order valence-corrected chi connectivity index (χ3v) is 3.68. The van der Waals surface area contributed by atoms with Crippen molar-refractivity contribution < 1.29 is 17.9 Å². The van der Waals surface area contributed by atoms with Crippen LogP contribution >= 0.6 is 0 Å². The summed E-state index contributed by atoms with van der Waals surface area (Å²) in [5, 5.41) is 3.14. The van der Waals surface area contributed by atoms with Gasteiger partial charge in [0, 0.05) is 17.7 Å². The maximum absolute atomic E-state index is 12.2. The topological polar surface area (TPSA) is 34.4 Å². The van der Waals surface area contributed by atoms with Crippen LogP contribution in [-0.2, 0) is 6.54 Å². The Morgan fingerprint density at radius 2 is 2.14 bits per heavy atom. The normalized spacial score (nSPS) is 20.6. The lowest BCUT2D eigenvalue weighted by Crippen LogP contribution is -2.03. The van der Waals surface area contributed by atoms with E-state index in [1.165, 1.54) is 12.5 Å². The number of hydrogen-bond acceptors (Lipinski definition) is 3. The highest BCUT2D eigenvalue weighted by atomic mass is 19.3. The molecule has 2 atom stereocenters. The summed E-state index contributed by atoms with van der Waals surface area (Å²) in [7, 11) is 0. The van der Waals surface area contributed by atoms with E-state index in [1.54, 1.807) is 18.2 Å². The van der Waals surface area contributed by atoms with Crippen molar-refractivity contribution in [3.63, 3.8) is 0 Å². The number of anilines is 1. The molecule has 1 N–H and O–H groups in total. The van der Waals surface area contributed by atoms with E-state index in [0.717, 1.165) is 11.5 Å². The second kappa shape index (κ2) is 5.76. The lowest BCUT2D eigenvalue weighted by Gasteiger charge is -2.08. The van der Waals surface area contributed by atoms with Gasteiger partial charge in [-0.2, -0.15) is 8.78 Å². The number of rotatable bonds is 6. The van der Waals surface area contributed by atoms with Crippen LogP contribution in [0.4, 0.5) is 14.5 Å². The van der Waals surface area contributed by atoms with Crippen LogP contribution in [0.25, 0.3) is 0 Å². The molecule has 1 heterocycles. The lowest BCUT2D eigenvalue weighted by molar-refractivity contribution is -0.0498. The summed E-state index contributed by atoms with van der Waals surface area (Å²) < 4.78 is 34.5. The minimum atomic E-state index is -2.81. The molecule has 0 amide bonds. The number of ether oxygens (including phenoxy) is 1. The zero-order valence-electron chi connectivity index (χ0n) is 11.7. The SMILES string of the molecule is CC1CC1c1ccc(CNc2cccc(OC(F)F)c2)o1. The fourth-order valence-electron chi connectivity index (χ4n) is 2.38. The van der Waals surface area contributed by atoms with Crippen molar-refractivity contribution >= 4 is 5.69 Å². The van der Waals surface area contributed by atoms with E-state index in [9.17, 15) is 8.78 Å². The lowest BCUT2D eigenvalue weighted by atomic mass is 10.3. The van der Waals surface area contributed by atoms with Crippen LogP contribution in [0.3, 0.4) is 0 Å². The second-order valence-electron chi connectivity index (χ2n) is 5.38. The fraction of sp³-hybridized carbons (Fsp3) is 0.375. The van der Waals surface area contributed by atoms with Crippen molar-refractivity contribution in [2.24, 2.45) is 5.92 Å². The second-order valence-corrected chi connectivity index (χ2v) is 5.38. The molecule has 0 spiro atoms. The van der Waals surface area contributed by atoms with Crippen molar-refractivity contribution in [1.82, 2.24) is 0 Å². The maximum Gasteiger partial charge on any atom is 0.387 e. The van der Waals surface area contributed by atoms with E-state index in [1.807, 2.05) is 12.1 Å². The van der Waals surface area contributed by atoms with E-state index in [0.29, 0.717) is 24.1 Å². The largest absolute Gasteiger partial charge is 0.464 e. The third kappa shape index (κ3) is 3.54. The number of halogens is 2. The monoisotopic (exact) mass is 293 g/mol. The summed E-state index contributed by atoms with van der Waals surface area (Å²) in [4.78, 5) is 0. The molecule has 1 aliphatic carbocycles. The Labute approximate surface area is 121 Å². The van der Waals surface area contributed by atoms with Crippen LogP contribution in [0.15, 0.2) is 40.8 Å². The minimum absolute atomic E-state index is 0.141. The first-order valence-electron chi connectivity index (χ1n) is 6.99. The van der Waals surface area contributed by atoms with E-state index >= 15 is 0 Å². The van der Waals surface area contributed by atoms with Gasteiger partial charge in [0.25, 0.3) is 0 Å². The summed E-state index contributed by atoms with van der Waals surface area (Å²) in [6.07, 6.45) is 1.19. The van der Waals surface area contributed by atoms with Crippen LogP contribution in [0.5, 0.6) is 5.75 Å². The van der Waals surface area contributed by atoms with E-state index in [-0.39, 0.29) is 5.75 Å². The molecule has 0 radical (unpaired) electrons. The van der Waals surface area contributed by atoms with Crippen molar-refractivity contribution in [2.45, 2.75) is 32.4 Å². The van der Waals surface area contributed by atoms with Gasteiger partial charge in [-0.1, -0.05) is 13.0 Å². The first-order chi connectivity index (χ1) is 10.1. The van der Waals surface area contributed by atoms with Gasteiger partial charge in [-0.05, 0) is 36.6 Å². The molecular formula is C16H17F2NO2. The molecule has 1 aromatic heterocycles. The number of furan rings is 1. The zero-order valence-corrected chi connectivity index (χ0v) is 11.7. The van der Waals surface area contributed by atoms with Gasteiger partial charge in [-0.25, -0.2) is 0 Å². The van der Waals surface area contributed by atoms with Gasteiger partial charge in [0.1, 0.15) is 17.3 Å². The maximum atomic E-state index is 12.2. The first kappa shape index (κ1) is 13.9. The van der Waals surface area contributed by atoms with Crippen LogP contribution in [0, 0.1) is 5.92 Å². The summed E-state index contributed by atoms with van der Waals surface area (Å²) in [6, 6.07) is 10.5. The molecule has 112 valence electrons. The van der Waals surface area contributed by atoms with Gasteiger partial charge in [0.15, 0.2) is 0 Å². The highest BCUT2D eigenvalue weighted by Crippen LogP contribution is 2.47. The van der Waals surface area contributed by atoms with Crippen LogP contribution in [0.1, 0.15) is 30.8 Å². The number of nitrogens with one attached hydrogen (secondary N) is 1. The smallest absolute Gasteiger partial charge is 0.387 e. The standard InChI is InChI=1S/C16H17F2NO2/c1-10-7-14(10)15-6-5-13(20-15)9-19-11-3-2-4-12(8-11)21-16(17)18/h2-6,8,10,14,16,19H,7,9H2,1H3. The summed E-state index contributed by atoms with van der Waals surface area (Å²) in [5.41, 5.74) is 0.714. The molecule has 1 fully saturated rings. The Morgan fingerprint density at radius 1 is 1.33 bits per heavy atom. The number of hydrogen-bond donors (Lipinski definition) is 1. The van der Waals surface area contributed by atoms with Gasteiger partial charge in [-0.3, -0.25) is 0 Å². The van der Waals surface area contributed by atoms with Gasteiger partial charge < -0.3 is 14.5 Å². The molecule has 3 nitrogen and oxygen atoms in total. The predicted molar refractivity (Wildman–Crippen MR) is 75.6 cm³/mol. The van der Waals surface area contributed by atoms with Crippen LogP contribution < -0.4 is 10.1 Å². The first-order valence-corrected chi connectivity index (χ1v) is 6.99. The highest BCUT2D eigenvalue weighted by molar-refractivity contribution is 5.48. The fourth-order valence-corrected chi connectivity index (χ4v) is 2.38. The average Bonchev–Trinajstić information content (AvgIpc) is 2.99. The Bertz CT molecular complexity index is 612. The molecule has 0 bridgehead atoms. The van der Waals surface area contributed by atoms with Gasteiger partial charge in [0.05, 0.1) is 6.54 Å². The highest BCUT2D eigenvalue weighted by Gasteiger charge is 2.36. The Balaban J connectivity index is 1.58. The molecule has 2 aromatic rings. The Morgan fingerprint density at radius 3 is 2.86 bits per heavy atom. The number of alkyl halides is 2. The van der Waals surface area contributed by atoms with Crippen molar-refractivity contribution in [3.8, 4) is 5.75 Å². The molecule has 2 unspecified atom stereocenters. The van der Waals surface area contributed by atoms with Gasteiger partial charge in [-0.15, -0.1) is 0 Å². The molecule has 1 saturated carbocycles. The number of benzene rings is 1. The van der Waals surface area contributed by atoms with E-state index in [2.05, 4.69) is 17.0 Å². The van der Waals surface area contributed by atoms with Crippen molar-refractivity contribution in [3.05, 3.63) is 47.9 Å². The van der Waals surface area contributed by atoms with Gasteiger partial charge >= 0.3 is 6.61 Å². The molecule has 1 aromatic carbocycles. The van der Waals surface area contributed by atoms with Crippen molar-refractivity contribution in [2.75, 3.05) is 5.32 Å². The summed E-state index contributed by atoms with van der Waals surface area (Å²) in [5.74, 6) is 3.28. The zero-order chi connectivity index (χ0) is 14.8. The molecule has 0 saturated heterocycles. The summed E-state index contributed by atoms with van der Waals surface area (Å²) >= 11 is 0. The van der Waals surface area contributed by atoms with E-state index in [4.69, 9.17) is 4.42 Å². The van der Waals surface area contributed by atoms with Gasteiger partial charge in [0.2, 0.25) is 0 Å². The quantitative estimate of drug-likeness (QED) is 0.844. The molecule has 3 rings (SSSR count). The Hall–Kier alpha value is -2.04. The van der Waals surface area contributed by atoms with E-state index < -0.39 is 6.61 Å². The van der Waals surface area contributed by atoms with Crippen LogP contribution in [0.2, 0.25) is 0 Å². The average molecular weight is 293 g/mol.